The third-order valence-corrected chi connectivity index (χ3v) is 2.73. The minimum Gasteiger partial charge on any atom is -0.493 e. The van der Waals surface area contributed by atoms with E-state index in [0.29, 0.717) is 24.1 Å². The molecule has 0 aliphatic heterocycles. The Morgan fingerprint density at radius 2 is 2.14 bits per heavy atom. The molecule has 120 valence electrons. The number of terminal acetylenes is 1. The Labute approximate surface area is 133 Å². The Kier molecular flexibility index (Phi) is 7.69. The average Bonchev–Trinajstić information content (AvgIpc) is 2.50. The average molecular weight is 303 g/mol. The van der Waals surface area contributed by atoms with Gasteiger partial charge in [-0.25, -0.2) is 4.99 Å². The number of hydrogen-bond donors (Lipinski definition) is 2. The Morgan fingerprint density at radius 3 is 2.73 bits per heavy atom. The van der Waals surface area contributed by atoms with Gasteiger partial charge in [-0.15, -0.1) is 6.42 Å². The van der Waals surface area contributed by atoms with Crippen molar-refractivity contribution in [3.8, 4) is 23.8 Å². The van der Waals surface area contributed by atoms with Crippen LogP contribution in [0.3, 0.4) is 0 Å². The molecule has 0 aromatic heterocycles. The molecule has 1 aromatic carbocycles. The maximum Gasteiger partial charge on any atom is 0.191 e. The minimum absolute atomic E-state index is 0.209. The highest BCUT2D eigenvalue weighted by molar-refractivity contribution is 5.80. The van der Waals surface area contributed by atoms with E-state index in [2.05, 4.69) is 35.4 Å². The first-order valence-corrected chi connectivity index (χ1v) is 7.38. The summed E-state index contributed by atoms with van der Waals surface area (Å²) in [5.41, 5.74) is 1.02. The maximum atomic E-state index is 5.50. The molecular formula is C17H25N3O2. The molecule has 0 atom stereocenters. The lowest BCUT2D eigenvalue weighted by molar-refractivity contribution is 0.330. The number of benzene rings is 1. The molecule has 0 saturated carbocycles. The summed E-state index contributed by atoms with van der Waals surface area (Å²) in [5.74, 6) is 4.54. The van der Waals surface area contributed by atoms with Crippen molar-refractivity contribution in [3.63, 3.8) is 0 Å². The molecule has 0 radical (unpaired) electrons. The van der Waals surface area contributed by atoms with E-state index in [1.54, 1.807) is 7.11 Å². The van der Waals surface area contributed by atoms with Crippen molar-refractivity contribution in [2.45, 2.75) is 33.4 Å². The topological polar surface area (TPSA) is 54.9 Å². The quantitative estimate of drug-likeness (QED) is 0.460. The second kappa shape index (κ2) is 9.56. The Bertz CT molecular complexity index is 533. The normalized spacial score (nSPS) is 11.0. The third kappa shape index (κ3) is 5.96. The number of hydrogen-bond acceptors (Lipinski definition) is 3. The number of rotatable bonds is 7. The molecular weight excluding hydrogens is 278 g/mol. The molecule has 0 spiro atoms. The molecule has 0 saturated heterocycles. The van der Waals surface area contributed by atoms with Gasteiger partial charge in [-0.05, 0) is 38.5 Å². The van der Waals surface area contributed by atoms with Crippen molar-refractivity contribution in [2.24, 2.45) is 4.99 Å². The SMILES string of the molecule is C#CCOc1cc(CN=C(NCC)NC(C)C)ccc1OC. The van der Waals surface area contributed by atoms with Crippen molar-refractivity contribution >= 4 is 5.96 Å². The monoisotopic (exact) mass is 303 g/mol. The van der Waals surface area contributed by atoms with E-state index in [1.807, 2.05) is 25.1 Å². The predicted molar refractivity (Wildman–Crippen MR) is 90.4 cm³/mol. The lowest BCUT2D eigenvalue weighted by Crippen LogP contribution is -2.40. The van der Waals surface area contributed by atoms with E-state index in [-0.39, 0.29) is 6.61 Å². The summed E-state index contributed by atoms with van der Waals surface area (Å²) in [6.45, 7) is 7.76. The van der Waals surface area contributed by atoms with E-state index in [1.165, 1.54) is 0 Å². The molecule has 0 fully saturated rings. The van der Waals surface area contributed by atoms with E-state index in [0.717, 1.165) is 18.1 Å². The summed E-state index contributed by atoms with van der Waals surface area (Å²) in [5, 5.41) is 6.49. The number of guanidine groups is 1. The van der Waals surface area contributed by atoms with Gasteiger partial charge in [0.2, 0.25) is 0 Å². The third-order valence-electron chi connectivity index (χ3n) is 2.73. The fourth-order valence-corrected chi connectivity index (χ4v) is 1.82. The standard InChI is InChI=1S/C17H25N3O2/c1-6-10-22-16-11-14(8-9-15(16)21-5)12-19-17(18-7-2)20-13(3)4/h1,8-9,11,13H,7,10,12H2,2-5H3,(H2,18,19,20). The van der Waals surface area contributed by atoms with Gasteiger partial charge in [-0.2, -0.15) is 0 Å². The van der Waals surface area contributed by atoms with E-state index in [4.69, 9.17) is 15.9 Å². The van der Waals surface area contributed by atoms with Gasteiger partial charge in [0.1, 0.15) is 6.61 Å². The number of nitrogens with zero attached hydrogens (tertiary/aromatic N) is 1. The molecule has 1 aromatic rings. The molecule has 5 nitrogen and oxygen atoms in total. The highest BCUT2D eigenvalue weighted by Gasteiger charge is 2.06. The van der Waals surface area contributed by atoms with Crippen LogP contribution in [0.15, 0.2) is 23.2 Å². The van der Waals surface area contributed by atoms with Gasteiger partial charge >= 0.3 is 0 Å². The fourth-order valence-electron chi connectivity index (χ4n) is 1.82. The first kappa shape index (κ1) is 17.7. The molecule has 0 aliphatic rings. The van der Waals surface area contributed by atoms with Crippen molar-refractivity contribution < 1.29 is 9.47 Å². The van der Waals surface area contributed by atoms with Gasteiger partial charge in [-0.3, -0.25) is 0 Å². The van der Waals surface area contributed by atoms with Gasteiger partial charge in [0.25, 0.3) is 0 Å². The van der Waals surface area contributed by atoms with Crippen LogP contribution in [0.5, 0.6) is 11.5 Å². The van der Waals surface area contributed by atoms with Gasteiger partial charge in [0, 0.05) is 12.6 Å². The van der Waals surface area contributed by atoms with Crippen LogP contribution in [0.25, 0.3) is 0 Å². The van der Waals surface area contributed by atoms with Gasteiger partial charge in [0.15, 0.2) is 17.5 Å². The molecule has 0 unspecified atom stereocenters. The van der Waals surface area contributed by atoms with Crippen LogP contribution < -0.4 is 20.1 Å². The van der Waals surface area contributed by atoms with Crippen LogP contribution in [0.1, 0.15) is 26.3 Å². The molecule has 1 rings (SSSR count). The zero-order valence-corrected chi connectivity index (χ0v) is 13.8. The highest BCUT2D eigenvalue weighted by atomic mass is 16.5. The molecule has 0 aliphatic carbocycles. The largest absolute Gasteiger partial charge is 0.493 e. The Balaban J connectivity index is 2.85. The zero-order valence-electron chi connectivity index (χ0n) is 13.8. The molecule has 2 N–H and O–H groups in total. The van der Waals surface area contributed by atoms with Crippen LogP contribution in [0, 0.1) is 12.3 Å². The second-order valence-electron chi connectivity index (χ2n) is 4.97. The number of aliphatic imine (C=N–C) groups is 1. The minimum atomic E-state index is 0.209. The van der Waals surface area contributed by atoms with Crippen molar-refractivity contribution in [2.75, 3.05) is 20.3 Å². The van der Waals surface area contributed by atoms with Crippen LogP contribution in [-0.2, 0) is 6.54 Å². The molecule has 5 heteroatoms. The second-order valence-corrected chi connectivity index (χ2v) is 4.97. The Morgan fingerprint density at radius 1 is 1.36 bits per heavy atom. The van der Waals surface area contributed by atoms with Crippen molar-refractivity contribution in [1.29, 1.82) is 0 Å². The molecule has 0 heterocycles. The maximum absolute atomic E-state index is 5.50. The number of methoxy groups -OCH3 is 1. The summed E-state index contributed by atoms with van der Waals surface area (Å²) < 4.78 is 10.8. The van der Waals surface area contributed by atoms with Gasteiger partial charge in [-0.1, -0.05) is 12.0 Å². The smallest absolute Gasteiger partial charge is 0.191 e. The molecule has 0 amide bonds. The summed E-state index contributed by atoms with van der Waals surface area (Å²) in [6.07, 6.45) is 5.23. The zero-order chi connectivity index (χ0) is 16.4. The Hall–Kier alpha value is -2.35. The summed E-state index contributed by atoms with van der Waals surface area (Å²) in [6, 6.07) is 6.05. The van der Waals surface area contributed by atoms with Crippen LogP contribution in [0.4, 0.5) is 0 Å². The first-order chi connectivity index (χ1) is 10.6. The summed E-state index contributed by atoms with van der Waals surface area (Å²) >= 11 is 0. The van der Waals surface area contributed by atoms with Crippen LogP contribution in [-0.4, -0.2) is 32.3 Å². The highest BCUT2D eigenvalue weighted by Crippen LogP contribution is 2.28. The van der Waals surface area contributed by atoms with Crippen molar-refractivity contribution in [3.05, 3.63) is 23.8 Å². The van der Waals surface area contributed by atoms with Gasteiger partial charge in [0.05, 0.1) is 13.7 Å². The summed E-state index contributed by atoms with van der Waals surface area (Å²) in [4.78, 5) is 4.56. The van der Waals surface area contributed by atoms with Crippen LogP contribution >= 0.6 is 0 Å². The lowest BCUT2D eigenvalue weighted by atomic mass is 10.2. The lowest BCUT2D eigenvalue weighted by Gasteiger charge is -2.14. The van der Waals surface area contributed by atoms with Gasteiger partial charge < -0.3 is 20.1 Å². The molecule has 0 bridgehead atoms. The number of nitrogens with one attached hydrogen (secondary N) is 2. The van der Waals surface area contributed by atoms with Crippen LogP contribution in [0.2, 0.25) is 0 Å². The van der Waals surface area contributed by atoms with E-state index in [9.17, 15) is 0 Å². The van der Waals surface area contributed by atoms with E-state index < -0.39 is 0 Å². The van der Waals surface area contributed by atoms with Crippen molar-refractivity contribution in [1.82, 2.24) is 10.6 Å². The fraction of sp³-hybridized carbons (Fsp3) is 0.471. The first-order valence-electron chi connectivity index (χ1n) is 7.38. The number of ether oxygens (including phenoxy) is 2. The predicted octanol–water partition coefficient (Wildman–Crippen LogP) is 2.17. The summed E-state index contributed by atoms with van der Waals surface area (Å²) in [7, 11) is 1.60. The molecule has 22 heavy (non-hydrogen) atoms. The van der Waals surface area contributed by atoms with E-state index >= 15 is 0 Å².